The van der Waals surface area contributed by atoms with E-state index >= 15 is 0 Å². The van der Waals surface area contributed by atoms with Crippen LogP contribution in [-0.2, 0) is 6.54 Å². The van der Waals surface area contributed by atoms with Crippen molar-refractivity contribution in [3.63, 3.8) is 0 Å². The van der Waals surface area contributed by atoms with Crippen LogP contribution in [0, 0.1) is 0 Å². The van der Waals surface area contributed by atoms with E-state index in [1.807, 2.05) is 0 Å². The number of hydrogen-bond donors (Lipinski definition) is 1. The number of pyridine rings is 1. The summed E-state index contributed by atoms with van der Waals surface area (Å²) in [4.78, 5) is 3.83. The highest BCUT2D eigenvalue weighted by Crippen LogP contribution is 2.28. The number of methoxy groups -OCH3 is 1. The van der Waals surface area contributed by atoms with Crippen molar-refractivity contribution in [3.05, 3.63) is 23.5 Å². The molecule has 0 aliphatic carbocycles. The number of rotatable bonds is 3. The molecule has 0 atom stereocenters. The summed E-state index contributed by atoms with van der Waals surface area (Å²) in [6, 6.07) is 1.25. The van der Waals surface area contributed by atoms with Crippen LogP contribution in [-0.4, -0.2) is 12.1 Å². The van der Waals surface area contributed by atoms with Gasteiger partial charge in [-0.3, -0.25) is 4.98 Å². The lowest BCUT2D eigenvalue weighted by Gasteiger charge is -2.07. The van der Waals surface area contributed by atoms with Gasteiger partial charge in [-0.2, -0.15) is 0 Å². The third-order valence-electron chi connectivity index (χ3n) is 1.62. The molecule has 0 saturated heterocycles. The molecule has 0 aliphatic rings. The summed E-state index contributed by atoms with van der Waals surface area (Å²) in [7, 11) is 1.32. The first-order valence-electron chi connectivity index (χ1n) is 3.70. The van der Waals surface area contributed by atoms with E-state index in [4.69, 9.17) is 10.5 Å². The molecule has 0 bridgehead atoms. The maximum absolute atomic E-state index is 12.4. The Kier molecular flexibility index (Phi) is 3.13. The Balaban J connectivity index is 3.10. The van der Waals surface area contributed by atoms with Crippen molar-refractivity contribution in [3.8, 4) is 5.75 Å². The second kappa shape index (κ2) is 4.13. The molecule has 1 aromatic heterocycles. The molecular formula is C8H10F2N2O. The van der Waals surface area contributed by atoms with Crippen LogP contribution in [0.1, 0.15) is 17.7 Å². The summed E-state index contributed by atoms with van der Waals surface area (Å²) in [5.74, 6) is 0.0900. The molecular weight excluding hydrogens is 178 g/mol. The SMILES string of the molecule is COc1cnc(CN)cc1C(F)F. The number of hydrogen-bond acceptors (Lipinski definition) is 3. The summed E-state index contributed by atoms with van der Waals surface area (Å²) >= 11 is 0. The van der Waals surface area contributed by atoms with E-state index in [1.54, 1.807) is 0 Å². The van der Waals surface area contributed by atoms with Gasteiger partial charge < -0.3 is 10.5 Å². The normalized spacial score (nSPS) is 10.5. The minimum Gasteiger partial charge on any atom is -0.495 e. The molecule has 0 unspecified atom stereocenters. The Labute approximate surface area is 74.5 Å². The van der Waals surface area contributed by atoms with Crippen molar-refractivity contribution in [2.24, 2.45) is 5.73 Å². The first kappa shape index (κ1) is 9.85. The molecule has 0 amide bonds. The average Bonchev–Trinajstić information content (AvgIpc) is 2.16. The highest BCUT2D eigenvalue weighted by atomic mass is 19.3. The second-order valence-electron chi connectivity index (χ2n) is 2.42. The second-order valence-corrected chi connectivity index (χ2v) is 2.42. The zero-order chi connectivity index (χ0) is 9.84. The van der Waals surface area contributed by atoms with Gasteiger partial charge in [-0.25, -0.2) is 8.78 Å². The van der Waals surface area contributed by atoms with Crippen molar-refractivity contribution < 1.29 is 13.5 Å². The third-order valence-corrected chi connectivity index (χ3v) is 1.62. The zero-order valence-corrected chi connectivity index (χ0v) is 7.13. The van der Waals surface area contributed by atoms with E-state index in [2.05, 4.69) is 4.98 Å². The molecule has 0 radical (unpaired) electrons. The number of nitrogens with zero attached hydrogens (tertiary/aromatic N) is 1. The zero-order valence-electron chi connectivity index (χ0n) is 7.13. The van der Waals surface area contributed by atoms with Gasteiger partial charge in [-0.1, -0.05) is 0 Å². The highest BCUT2D eigenvalue weighted by Gasteiger charge is 2.14. The maximum Gasteiger partial charge on any atom is 0.267 e. The Morgan fingerprint density at radius 3 is 2.77 bits per heavy atom. The quantitative estimate of drug-likeness (QED) is 0.781. The number of alkyl halides is 2. The predicted molar refractivity (Wildman–Crippen MR) is 43.6 cm³/mol. The van der Waals surface area contributed by atoms with Gasteiger partial charge in [0.05, 0.1) is 24.6 Å². The number of ether oxygens (including phenoxy) is 1. The summed E-state index contributed by atoms with van der Waals surface area (Å²) < 4.78 is 29.5. The lowest BCUT2D eigenvalue weighted by Crippen LogP contribution is -2.02. The summed E-state index contributed by atoms with van der Waals surface area (Å²) in [6.07, 6.45) is -1.31. The van der Waals surface area contributed by atoms with Gasteiger partial charge in [0.1, 0.15) is 5.75 Å². The van der Waals surface area contributed by atoms with Gasteiger partial charge in [0.15, 0.2) is 0 Å². The van der Waals surface area contributed by atoms with Crippen LogP contribution in [0.2, 0.25) is 0 Å². The standard InChI is InChI=1S/C8H10F2N2O/c1-13-7-4-12-5(3-11)2-6(7)8(9)10/h2,4,8H,3,11H2,1H3. The lowest BCUT2D eigenvalue weighted by molar-refractivity contribution is 0.146. The van der Waals surface area contributed by atoms with E-state index in [0.29, 0.717) is 5.69 Å². The molecule has 0 spiro atoms. The smallest absolute Gasteiger partial charge is 0.267 e. The largest absolute Gasteiger partial charge is 0.495 e. The fourth-order valence-electron chi connectivity index (χ4n) is 0.957. The molecule has 3 nitrogen and oxygen atoms in total. The number of halogens is 2. The molecule has 1 aromatic rings. The molecule has 13 heavy (non-hydrogen) atoms. The Morgan fingerprint density at radius 1 is 1.62 bits per heavy atom. The fraction of sp³-hybridized carbons (Fsp3) is 0.375. The van der Waals surface area contributed by atoms with Crippen molar-refractivity contribution in [1.82, 2.24) is 4.98 Å². The van der Waals surface area contributed by atoms with Crippen LogP contribution in [0.25, 0.3) is 0 Å². The van der Waals surface area contributed by atoms with Gasteiger partial charge in [-0.15, -0.1) is 0 Å². The molecule has 0 aliphatic heterocycles. The van der Waals surface area contributed by atoms with Crippen LogP contribution in [0.15, 0.2) is 12.3 Å². The van der Waals surface area contributed by atoms with E-state index in [0.717, 1.165) is 0 Å². The van der Waals surface area contributed by atoms with E-state index in [9.17, 15) is 8.78 Å². The molecule has 0 aromatic carbocycles. The number of nitrogens with two attached hydrogens (primary N) is 1. The summed E-state index contributed by atoms with van der Waals surface area (Å²) in [6.45, 7) is 0.143. The summed E-state index contributed by atoms with van der Waals surface area (Å²) in [5.41, 5.74) is 5.52. The minimum atomic E-state index is -2.57. The highest BCUT2D eigenvalue weighted by molar-refractivity contribution is 5.33. The molecule has 2 N–H and O–H groups in total. The molecule has 1 rings (SSSR count). The Bertz CT molecular complexity index is 291. The molecule has 5 heteroatoms. The topological polar surface area (TPSA) is 48.1 Å². The predicted octanol–water partition coefficient (Wildman–Crippen LogP) is 1.49. The van der Waals surface area contributed by atoms with Crippen molar-refractivity contribution in [2.75, 3.05) is 7.11 Å². The van der Waals surface area contributed by atoms with E-state index in [-0.39, 0.29) is 17.9 Å². The first-order valence-corrected chi connectivity index (χ1v) is 3.70. The maximum atomic E-state index is 12.4. The van der Waals surface area contributed by atoms with Gasteiger partial charge >= 0.3 is 0 Å². The van der Waals surface area contributed by atoms with E-state index < -0.39 is 6.43 Å². The van der Waals surface area contributed by atoms with Crippen LogP contribution in [0.4, 0.5) is 8.78 Å². The third kappa shape index (κ3) is 2.12. The van der Waals surface area contributed by atoms with Crippen LogP contribution in [0.5, 0.6) is 5.75 Å². The van der Waals surface area contributed by atoms with Gasteiger partial charge in [0.2, 0.25) is 0 Å². The lowest BCUT2D eigenvalue weighted by atomic mass is 10.2. The van der Waals surface area contributed by atoms with Gasteiger partial charge in [-0.05, 0) is 6.07 Å². The van der Waals surface area contributed by atoms with Crippen molar-refractivity contribution >= 4 is 0 Å². The average molecular weight is 188 g/mol. The Hall–Kier alpha value is -1.23. The molecule has 0 fully saturated rings. The van der Waals surface area contributed by atoms with Crippen molar-refractivity contribution in [1.29, 1.82) is 0 Å². The monoisotopic (exact) mass is 188 g/mol. The summed E-state index contributed by atoms with van der Waals surface area (Å²) in [5, 5.41) is 0. The minimum absolute atomic E-state index is 0.0900. The first-order chi connectivity index (χ1) is 6.19. The van der Waals surface area contributed by atoms with Crippen LogP contribution in [0.3, 0.4) is 0 Å². The van der Waals surface area contributed by atoms with Crippen LogP contribution < -0.4 is 10.5 Å². The van der Waals surface area contributed by atoms with Gasteiger partial charge in [0, 0.05) is 6.54 Å². The fourth-order valence-corrected chi connectivity index (χ4v) is 0.957. The number of aromatic nitrogens is 1. The van der Waals surface area contributed by atoms with Crippen LogP contribution >= 0.6 is 0 Å². The molecule has 0 saturated carbocycles. The van der Waals surface area contributed by atoms with Gasteiger partial charge in [0.25, 0.3) is 6.43 Å². The molecule has 72 valence electrons. The Morgan fingerprint density at radius 2 is 2.31 bits per heavy atom. The van der Waals surface area contributed by atoms with Crippen molar-refractivity contribution in [2.45, 2.75) is 13.0 Å². The van der Waals surface area contributed by atoms with E-state index in [1.165, 1.54) is 19.4 Å². The molecule has 1 heterocycles.